The molecule has 3 heterocycles. The van der Waals surface area contributed by atoms with Crippen molar-refractivity contribution in [2.45, 2.75) is 19.9 Å². The van der Waals surface area contributed by atoms with Crippen molar-refractivity contribution in [1.82, 2.24) is 15.3 Å². The number of amides is 2. The van der Waals surface area contributed by atoms with Crippen molar-refractivity contribution in [3.8, 4) is 5.88 Å². The van der Waals surface area contributed by atoms with Gasteiger partial charge in [-0.2, -0.15) is 5.01 Å². The molecular formula is C22H18F2N4O5. The van der Waals surface area contributed by atoms with Crippen LogP contribution in [-0.4, -0.2) is 40.6 Å². The maximum absolute atomic E-state index is 13.5. The largest absolute Gasteiger partial charge is 0.481 e. The Morgan fingerprint density at radius 3 is 2.70 bits per heavy atom. The standard InChI is InChI=1S/C22H18F2N4O5/c1-11-18(29)14(7-12-3-4-15(23)16(24)8-12)21(31)28-22(11)33-20(27-28)19(30)26-10-13-5-6-25-17(9-13)32-2/h3-6,8-9,14H,7,10H2,1-2H3,(H,26,30). The Kier molecular flexibility index (Phi) is 5.86. The molecule has 0 saturated carbocycles. The fraction of sp³-hybridized carbons (Fsp3) is 0.227. The Balaban J connectivity index is 1.49. The summed E-state index contributed by atoms with van der Waals surface area (Å²) < 4.78 is 37.2. The zero-order valence-electron chi connectivity index (χ0n) is 17.6. The van der Waals surface area contributed by atoms with Crippen LogP contribution in [0.2, 0.25) is 0 Å². The lowest BCUT2D eigenvalue weighted by atomic mass is 9.88. The van der Waals surface area contributed by atoms with Gasteiger partial charge < -0.3 is 14.8 Å². The first kappa shape index (κ1) is 22.1. The number of hydrogen-bond acceptors (Lipinski definition) is 7. The third-order valence-corrected chi connectivity index (χ3v) is 5.17. The van der Waals surface area contributed by atoms with Gasteiger partial charge in [-0.25, -0.2) is 13.8 Å². The predicted octanol–water partition coefficient (Wildman–Crippen LogP) is 1.83. The van der Waals surface area contributed by atoms with Gasteiger partial charge >= 0.3 is 11.8 Å². The molecule has 0 aliphatic carbocycles. The molecule has 0 fully saturated rings. The third kappa shape index (κ3) is 4.29. The molecule has 1 atom stereocenters. The molecule has 2 amide bonds. The van der Waals surface area contributed by atoms with E-state index in [0.717, 1.165) is 17.1 Å². The van der Waals surface area contributed by atoms with Gasteiger partial charge in [0.25, 0.3) is 5.91 Å². The van der Waals surface area contributed by atoms with E-state index in [2.05, 4.69) is 15.4 Å². The number of carbonyl (C=O) groups is 3. The Bertz CT molecular complexity index is 1230. The topological polar surface area (TPSA) is 110 Å². The van der Waals surface area contributed by atoms with Crippen molar-refractivity contribution in [2.75, 3.05) is 7.11 Å². The summed E-state index contributed by atoms with van der Waals surface area (Å²) >= 11 is 0. The van der Waals surface area contributed by atoms with Gasteiger partial charge in [0, 0.05) is 18.8 Å². The molecule has 1 N–H and O–H groups in total. The maximum Gasteiger partial charge on any atom is 0.309 e. The van der Waals surface area contributed by atoms with E-state index in [1.54, 1.807) is 12.1 Å². The molecule has 1 aromatic heterocycles. The van der Waals surface area contributed by atoms with E-state index in [9.17, 15) is 23.2 Å². The Hall–Kier alpha value is -4.15. The average molecular weight is 456 g/mol. The van der Waals surface area contributed by atoms with Crippen molar-refractivity contribution < 1.29 is 32.6 Å². The average Bonchev–Trinajstić information content (AvgIpc) is 3.27. The fourth-order valence-corrected chi connectivity index (χ4v) is 3.41. The summed E-state index contributed by atoms with van der Waals surface area (Å²) in [6.07, 6.45) is 1.37. The molecule has 0 saturated heterocycles. The minimum Gasteiger partial charge on any atom is -0.481 e. The Labute approximate surface area is 186 Å². The molecule has 11 heteroatoms. The molecule has 4 rings (SSSR count). The number of aromatic nitrogens is 1. The number of nitrogens with one attached hydrogen (secondary N) is 1. The Morgan fingerprint density at radius 1 is 1.18 bits per heavy atom. The summed E-state index contributed by atoms with van der Waals surface area (Å²) in [6.45, 7) is 1.55. The predicted molar refractivity (Wildman–Crippen MR) is 109 cm³/mol. The lowest BCUT2D eigenvalue weighted by Gasteiger charge is -2.25. The number of hydrogen-bond donors (Lipinski definition) is 1. The van der Waals surface area contributed by atoms with Crippen molar-refractivity contribution in [1.29, 1.82) is 0 Å². The van der Waals surface area contributed by atoms with Crippen molar-refractivity contribution in [3.05, 3.63) is 70.7 Å². The molecule has 2 aliphatic rings. The second kappa shape index (κ2) is 8.77. The molecule has 0 radical (unpaired) electrons. The Morgan fingerprint density at radius 2 is 1.97 bits per heavy atom. The first-order chi connectivity index (χ1) is 15.8. The molecular weight excluding hydrogens is 438 g/mol. The minimum atomic E-state index is -1.21. The summed E-state index contributed by atoms with van der Waals surface area (Å²) in [5.74, 6) is -5.46. The second-order valence-electron chi connectivity index (χ2n) is 7.35. The van der Waals surface area contributed by atoms with Crippen LogP contribution in [0.1, 0.15) is 18.1 Å². The number of Topliss-reactive ketones (excluding diaryl/α,β-unsaturated/α-hetero) is 1. The number of nitrogens with zero attached hydrogens (tertiary/aromatic N) is 3. The van der Waals surface area contributed by atoms with Crippen LogP contribution in [0.5, 0.6) is 5.88 Å². The zero-order valence-corrected chi connectivity index (χ0v) is 17.6. The van der Waals surface area contributed by atoms with Crippen LogP contribution in [0.15, 0.2) is 53.1 Å². The second-order valence-corrected chi connectivity index (χ2v) is 7.35. The van der Waals surface area contributed by atoms with Gasteiger partial charge in [-0.05, 0) is 42.7 Å². The van der Waals surface area contributed by atoms with Gasteiger partial charge in [-0.15, -0.1) is 5.10 Å². The zero-order chi connectivity index (χ0) is 23.7. The number of carbonyl (C=O) groups excluding carboxylic acids is 3. The normalized spacial score (nSPS) is 17.5. The summed E-state index contributed by atoms with van der Waals surface area (Å²) in [7, 11) is 1.47. The number of ether oxygens (including phenoxy) is 2. The van der Waals surface area contributed by atoms with Crippen LogP contribution in [0.3, 0.4) is 0 Å². The number of pyridine rings is 1. The van der Waals surface area contributed by atoms with E-state index in [4.69, 9.17) is 9.47 Å². The van der Waals surface area contributed by atoms with Crippen LogP contribution in [0, 0.1) is 17.6 Å². The van der Waals surface area contributed by atoms with E-state index in [1.165, 1.54) is 26.3 Å². The number of methoxy groups -OCH3 is 1. The SMILES string of the molecule is COc1cc(CNC(=O)C2=NN3C(=O)C(Cc4ccc(F)c(F)c4)C(=O)C(C)=C3O2)ccn1. The van der Waals surface area contributed by atoms with Gasteiger partial charge in [0.2, 0.25) is 11.8 Å². The maximum atomic E-state index is 13.5. The molecule has 0 spiro atoms. The van der Waals surface area contributed by atoms with Gasteiger partial charge in [0.15, 0.2) is 17.4 Å². The molecule has 170 valence electrons. The molecule has 9 nitrogen and oxygen atoms in total. The van der Waals surface area contributed by atoms with Gasteiger partial charge in [-0.1, -0.05) is 6.07 Å². The summed E-state index contributed by atoms with van der Waals surface area (Å²) in [4.78, 5) is 42.2. The van der Waals surface area contributed by atoms with Crippen LogP contribution in [-0.2, 0) is 32.1 Å². The highest BCUT2D eigenvalue weighted by molar-refractivity contribution is 6.36. The monoisotopic (exact) mass is 456 g/mol. The number of ketones is 1. The number of fused-ring (bicyclic) bond motifs is 1. The molecule has 1 unspecified atom stereocenters. The third-order valence-electron chi connectivity index (χ3n) is 5.17. The lowest BCUT2D eigenvalue weighted by molar-refractivity contribution is -0.141. The van der Waals surface area contributed by atoms with Crippen LogP contribution in [0.25, 0.3) is 0 Å². The van der Waals surface area contributed by atoms with E-state index < -0.39 is 41.0 Å². The molecule has 33 heavy (non-hydrogen) atoms. The molecule has 2 aliphatic heterocycles. The highest BCUT2D eigenvalue weighted by Gasteiger charge is 2.45. The van der Waals surface area contributed by atoms with E-state index in [1.807, 2.05) is 0 Å². The fourth-order valence-electron chi connectivity index (χ4n) is 3.41. The number of halogens is 2. The minimum absolute atomic E-state index is 0.0904. The summed E-state index contributed by atoms with van der Waals surface area (Å²) in [5.41, 5.74) is 1.07. The number of rotatable bonds is 6. The van der Waals surface area contributed by atoms with Crippen LogP contribution in [0.4, 0.5) is 8.78 Å². The highest BCUT2D eigenvalue weighted by Crippen LogP contribution is 2.31. The summed E-state index contributed by atoms with van der Waals surface area (Å²) in [5, 5.41) is 7.39. The highest BCUT2D eigenvalue weighted by atomic mass is 19.2. The van der Waals surface area contributed by atoms with E-state index in [-0.39, 0.29) is 30.0 Å². The first-order valence-electron chi connectivity index (χ1n) is 9.85. The van der Waals surface area contributed by atoms with Crippen molar-refractivity contribution >= 4 is 23.5 Å². The summed E-state index contributed by atoms with van der Waals surface area (Å²) in [6, 6.07) is 6.47. The molecule has 1 aromatic carbocycles. The first-order valence-corrected chi connectivity index (χ1v) is 9.85. The number of benzene rings is 1. The van der Waals surface area contributed by atoms with E-state index >= 15 is 0 Å². The van der Waals surface area contributed by atoms with Gasteiger partial charge in [0.05, 0.1) is 12.7 Å². The smallest absolute Gasteiger partial charge is 0.309 e. The molecule has 0 bridgehead atoms. The quantitative estimate of drug-likeness (QED) is 0.665. The van der Waals surface area contributed by atoms with Crippen LogP contribution < -0.4 is 10.1 Å². The van der Waals surface area contributed by atoms with Gasteiger partial charge in [-0.3, -0.25) is 14.4 Å². The molecule has 2 aromatic rings. The number of hydrazone groups is 1. The van der Waals surface area contributed by atoms with Gasteiger partial charge in [0.1, 0.15) is 5.92 Å². The van der Waals surface area contributed by atoms with Crippen LogP contribution >= 0.6 is 0 Å². The van der Waals surface area contributed by atoms with Crippen molar-refractivity contribution in [3.63, 3.8) is 0 Å². The van der Waals surface area contributed by atoms with E-state index in [0.29, 0.717) is 11.4 Å². The number of allylic oxidation sites excluding steroid dienone is 1. The van der Waals surface area contributed by atoms with Crippen molar-refractivity contribution in [2.24, 2.45) is 11.0 Å². The lowest BCUT2D eigenvalue weighted by Crippen LogP contribution is -2.41.